The summed E-state index contributed by atoms with van der Waals surface area (Å²) in [6.45, 7) is 0. The van der Waals surface area contributed by atoms with Gasteiger partial charge in [-0.1, -0.05) is 0 Å². The Morgan fingerprint density at radius 2 is 1.58 bits per heavy atom. The number of halogens is 7. The van der Waals surface area contributed by atoms with Gasteiger partial charge in [-0.05, 0) is 28.1 Å². The first-order valence-corrected chi connectivity index (χ1v) is 7.13. The van der Waals surface area contributed by atoms with Crippen molar-refractivity contribution >= 4 is 21.6 Å². The molecule has 0 fully saturated rings. The average Bonchev–Trinajstić information content (AvgIpc) is 2.86. The molecule has 3 aromatic rings. The van der Waals surface area contributed by atoms with Crippen molar-refractivity contribution in [3.63, 3.8) is 0 Å². The predicted octanol–water partition coefficient (Wildman–Crippen LogP) is 5.20. The number of aromatic nitrogens is 3. The molecule has 0 unspecified atom stereocenters. The highest BCUT2D eigenvalue weighted by molar-refractivity contribution is 9.10. The smallest absolute Gasteiger partial charge is 0.293 e. The Labute approximate surface area is 139 Å². The number of pyridine rings is 2. The lowest BCUT2D eigenvalue weighted by atomic mass is 10.1. The van der Waals surface area contributed by atoms with Gasteiger partial charge in [0, 0.05) is 29.7 Å². The van der Waals surface area contributed by atoms with Gasteiger partial charge >= 0.3 is 12.4 Å². The molecule has 0 radical (unpaired) electrons. The molecule has 0 saturated carbocycles. The zero-order chi connectivity index (χ0) is 17.7. The fourth-order valence-corrected chi connectivity index (χ4v) is 2.55. The van der Waals surface area contributed by atoms with Crippen molar-refractivity contribution in [3.05, 3.63) is 52.7 Å². The lowest BCUT2D eigenvalue weighted by molar-refractivity contribution is -0.138. The van der Waals surface area contributed by atoms with Crippen molar-refractivity contribution in [1.29, 1.82) is 0 Å². The Hall–Kier alpha value is -2.10. The third kappa shape index (κ3) is 2.97. The maximum atomic E-state index is 13.2. The summed E-state index contributed by atoms with van der Waals surface area (Å²) in [7, 11) is 0. The van der Waals surface area contributed by atoms with Crippen LogP contribution in [0.5, 0.6) is 0 Å². The van der Waals surface area contributed by atoms with E-state index in [4.69, 9.17) is 0 Å². The molecular formula is C14H6BrF6N3. The molecule has 3 rings (SSSR count). The minimum atomic E-state index is -4.71. The predicted molar refractivity (Wildman–Crippen MR) is 76.1 cm³/mol. The molecule has 0 spiro atoms. The van der Waals surface area contributed by atoms with Gasteiger partial charge < -0.3 is 0 Å². The monoisotopic (exact) mass is 409 g/mol. The number of hydrogen-bond donors (Lipinski definition) is 0. The largest absolute Gasteiger partial charge is 0.420 e. The fraction of sp³-hybridized carbons (Fsp3) is 0.143. The van der Waals surface area contributed by atoms with E-state index in [0.717, 1.165) is 22.7 Å². The van der Waals surface area contributed by atoms with Gasteiger partial charge in [-0.2, -0.15) is 26.3 Å². The van der Waals surface area contributed by atoms with Gasteiger partial charge in [0.25, 0.3) is 0 Å². The first kappa shape index (κ1) is 16.7. The molecule has 3 aromatic heterocycles. The standard InChI is InChI=1S/C14H6BrF6N3/c15-11-5-23-12-10(14(19,20)21)2-8(6-24(11)12)7-1-9(4-22-3-7)13(16,17)18/h1-6H. The SMILES string of the molecule is FC(F)(F)c1cncc(-c2cc(C(F)(F)F)c3ncc(Br)n3c2)c1. The van der Waals surface area contributed by atoms with Gasteiger partial charge in [-0.15, -0.1) is 0 Å². The molecule has 0 aliphatic carbocycles. The summed E-state index contributed by atoms with van der Waals surface area (Å²) in [4.78, 5) is 7.15. The van der Waals surface area contributed by atoms with E-state index in [2.05, 4.69) is 25.9 Å². The van der Waals surface area contributed by atoms with E-state index in [1.165, 1.54) is 12.4 Å². The maximum absolute atomic E-state index is 13.2. The normalized spacial score (nSPS) is 12.8. The molecule has 0 N–H and O–H groups in total. The third-order valence-corrected chi connectivity index (χ3v) is 3.85. The lowest BCUT2D eigenvalue weighted by Gasteiger charge is -2.13. The summed E-state index contributed by atoms with van der Waals surface area (Å²) < 4.78 is 79.4. The number of fused-ring (bicyclic) bond motifs is 1. The van der Waals surface area contributed by atoms with Gasteiger partial charge in [0.05, 0.1) is 17.3 Å². The van der Waals surface area contributed by atoms with Crippen LogP contribution in [0.2, 0.25) is 0 Å². The first-order valence-electron chi connectivity index (χ1n) is 6.34. The van der Waals surface area contributed by atoms with Crippen LogP contribution in [0.1, 0.15) is 11.1 Å². The van der Waals surface area contributed by atoms with E-state index in [1.807, 2.05) is 0 Å². The highest BCUT2D eigenvalue weighted by atomic mass is 79.9. The van der Waals surface area contributed by atoms with Crippen LogP contribution >= 0.6 is 15.9 Å². The Bertz CT molecular complexity index is 913. The van der Waals surface area contributed by atoms with Crippen LogP contribution in [0.3, 0.4) is 0 Å². The Kier molecular flexibility index (Phi) is 3.82. The molecule has 126 valence electrons. The molecular weight excluding hydrogens is 404 g/mol. The molecule has 0 saturated heterocycles. The molecule has 0 aliphatic rings. The van der Waals surface area contributed by atoms with Crippen molar-refractivity contribution in [2.45, 2.75) is 12.4 Å². The van der Waals surface area contributed by atoms with Crippen LogP contribution in [-0.2, 0) is 12.4 Å². The highest BCUT2D eigenvalue weighted by Crippen LogP contribution is 2.37. The van der Waals surface area contributed by atoms with Crippen molar-refractivity contribution in [1.82, 2.24) is 14.4 Å². The molecule has 0 bridgehead atoms. The number of nitrogens with zero attached hydrogens (tertiary/aromatic N) is 3. The van der Waals surface area contributed by atoms with E-state index in [0.29, 0.717) is 6.20 Å². The van der Waals surface area contributed by atoms with Gasteiger partial charge in [0.15, 0.2) is 0 Å². The van der Waals surface area contributed by atoms with Crippen LogP contribution in [0.4, 0.5) is 26.3 Å². The fourth-order valence-electron chi connectivity index (χ4n) is 2.18. The van der Waals surface area contributed by atoms with E-state index < -0.39 is 23.5 Å². The van der Waals surface area contributed by atoms with Crippen molar-refractivity contribution in [2.24, 2.45) is 0 Å². The van der Waals surface area contributed by atoms with Crippen LogP contribution < -0.4 is 0 Å². The average molecular weight is 410 g/mol. The zero-order valence-electron chi connectivity index (χ0n) is 11.5. The molecule has 3 nitrogen and oxygen atoms in total. The van der Waals surface area contributed by atoms with Crippen molar-refractivity contribution in [2.75, 3.05) is 0 Å². The minimum Gasteiger partial charge on any atom is -0.293 e. The first-order chi connectivity index (χ1) is 11.1. The topological polar surface area (TPSA) is 30.2 Å². The number of alkyl halides is 6. The van der Waals surface area contributed by atoms with Gasteiger partial charge in [0.1, 0.15) is 10.3 Å². The summed E-state index contributed by atoms with van der Waals surface area (Å²) >= 11 is 3.06. The summed E-state index contributed by atoms with van der Waals surface area (Å²) in [5.41, 5.74) is -2.59. The van der Waals surface area contributed by atoms with E-state index >= 15 is 0 Å². The third-order valence-electron chi connectivity index (χ3n) is 3.26. The molecule has 0 aromatic carbocycles. The molecule has 0 atom stereocenters. The number of hydrogen-bond acceptors (Lipinski definition) is 2. The quantitative estimate of drug-likeness (QED) is 0.517. The summed E-state index contributed by atoms with van der Waals surface area (Å²) in [5.74, 6) is 0. The number of imidazole rings is 1. The number of rotatable bonds is 1. The molecule has 10 heteroatoms. The minimum absolute atomic E-state index is 0.0628. The lowest BCUT2D eigenvalue weighted by Crippen LogP contribution is -2.09. The van der Waals surface area contributed by atoms with E-state index in [9.17, 15) is 26.3 Å². The molecule has 0 aliphatic heterocycles. The van der Waals surface area contributed by atoms with Crippen LogP contribution in [0.15, 0.2) is 41.5 Å². The maximum Gasteiger partial charge on any atom is 0.420 e. The summed E-state index contributed by atoms with van der Waals surface area (Å²) in [6, 6.07) is 1.51. The summed E-state index contributed by atoms with van der Waals surface area (Å²) in [5, 5.41) is 0. The summed E-state index contributed by atoms with van der Waals surface area (Å²) in [6.07, 6.45) is -5.23. The van der Waals surface area contributed by atoms with Gasteiger partial charge in [-0.3, -0.25) is 9.38 Å². The van der Waals surface area contributed by atoms with E-state index in [1.54, 1.807) is 0 Å². The van der Waals surface area contributed by atoms with Gasteiger partial charge in [-0.25, -0.2) is 4.98 Å². The Balaban J connectivity index is 2.26. The molecule has 0 amide bonds. The van der Waals surface area contributed by atoms with Crippen molar-refractivity contribution in [3.8, 4) is 11.1 Å². The Morgan fingerprint density at radius 3 is 2.21 bits per heavy atom. The van der Waals surface area contributed by atoms with Crippen LogP contribution in [0, 0.1) is 0 Å². The van der Waals surface area contributed by atoms with E-state index in [-0.39, 0.29) is 21.4 Å². The van der Waals surface area contributed by atoms with Crippen LogP contribution in [-0.4, -0.2) is 14.4 Å². The van der Waals surface area contributed by atoms with Crippen LogP contribution in [0.25, 0.3) is 16.8 Å². The highest BCUT2D eigenvalue weighted by Gasteiger charge is 2.35. The zero-order valence-corrected chi connectivity index (χ0v) is 13.0. The molecule has 3 heterocycles. The van der Waals surface area contributed by atoms with Gasteiger partial charge in [0.2, 0.25) is 0 Å². The second-order valence-electron chi connectivity index (χ2n) is 4.87. The Morgan fingerprint density at radius 1 is 0.875 bits per heavy atom. The second kappa shape index (κ2) is 5.47. The van der Waals surface area contributed by atoms with Crippen molar-refractivity contribution < 1.29 is 26.3 Å². The second-order valence-corrected chi connectivity index (χ2v) is 5.69. The molecule has 24 heavy (non-hydrogen) atoms.